The zero-order valence-electron chi connectivity index (χ0n) is 15.5. The molecule has 0 aliphatic heterocycles. The molecule has 0 fully saturated rings. The first-order valence-corrected chi connectivity index (χ1v) is 9.33. The molecule has 2 heterocycles. The van der Waals surface area contributed by atoms with Crippen molar-refractivity contribution in [2.45, 2.75) is 13.1 Å². The number of hydrogen-bond acceptors (Lipinski definition) is 4. The fourth-order valence-electron chi connectivity index (χ4n) is 2.98. The second-order valence-corrected chi connectivity index (χ2v) is 6.57. The maximum absolute atomic E-state index is 4.03. The summed E-state index contributed by atoms with van der Waals surface area (Å²) in [5.74, 6) is 0. The van der Waals surface area contributed by atoms with Crippen molar-refractivity contribution in [2.75, 3.05) is 10.6 Å². The van der Waals surface area contributed by atoms with Gasteiger partial charge in [0.2, 0.25) is 0 Å². The molecule has 0 amide bonds. The number of hydrogen-bond donors (Lipinski definition) is 2. The van der Waals surface area contributed by atoms with Crippen molar-refractivity contribution in [3.63, 3.8) is 0 Å². The van der Waals surface area contributed by atoms with Crippen LogP contribution in [0.25, 0.3) is 11.1 Å². The Morgan fingerprint density at radius 1 is 0.464 bits per heavy atom. The van der Waals surface area contributed by atoms with Gasteiger partial charge in [-0.05, 0) is 46.5 Å². The SMILES string of the molecule is c1cc(NCc2ccc(-c3ccc(CNc4ccncc4)cc3)cc2)ccn1. The van der Waals surface area contributed by atoms with E-state index in [1.54, 1.807) is 24.8 Å². The highest BCUT2D eigenvalue weighted by atomic mass is 14.9. The Hall–Kier alpha value is -3.66. The van der Waals surface area contributed by atoms with Crippen molar-refractivity contribution < 1.29 is 0 Å². The third kappa shape index (κ3) is 4.74. The number of nitrogens with one attached hydrogen (secondary N) is 2. The van der Waals surface area contributed by atoms with Crippen LogP contribution in [0.5, 0.6) is 0 Å². The minimum absolute atomic E-state index is 0.796. The molecule has 4 nitrogen and oxygen atoms in total. The van der Waals surface area contributed by atoms with Crippen molar-refractivity contribution in [3.05, 3.63) is 109 Å². The van der Waals surface area contributed by atoms with E-state index in [1.807, 2.05) is 24.3 Å². The van der Waals surface area contributed by atoms with Crippen molar-refractivity contribution in [1.29, 1.82) is 0 Å². The topological polar surface area (TPSA) is 49.8 Å². The van der Waals surface area contributed by atoms with Crippen LogP contribution >= 0.6 is 0 Å². The minimum Gasteiger partial charge on any atom is -0.381 e. The summed E-state index contributed by atoms with van der Waals surface area (Å²) in [5, 5.41) is 6.81. The van der Waals surface area contributed by atoms with E-state index in [2.05, 4.69) is 69.1 Å². The maximum atomic E-state index is 4.03. The molecule has 138 valence electrons. The summed E-state index contributed by atoms with van der Waals surface area (Å²) in [6.07, 6.45) is 7.17. The van der Waals surface area contributed by atoms with E-state index >= 15 is 0 Å². The van der Waals surface area contributed by atoms with Crippen LogP contribution in [-0.4, -0.2) is 9.97 Å². The molecule has 4 rings (SSSR count). The molecule has 2 aromatic carbocycles. The lowest BCUT2D eigenvalue weighted by atomic mass is 10.0. The van der Waals surface area contributed by atoms with E-state index in [0.29, 0.717) is 0 Å². The van der Waals surface area contributed by atoms with Gasteiger partial charge in [0.15, 0.2) is 0 Å². The average Bonchev–Trinajstić information content (AvgIpc) is 2.78. The Balaban J connectivity index is 1.34. The van der Waals surface area contributed by atoms with Crippen LogP contribution in [-0.2, 0) is 13.1 Å². The predicted molar refractivity (Wildman–Crippen MR) is 115 cm³/mol. The van der Waals surface area contributed by atoms with Crippen molar-refractivity contribution in [2.24, 2.45) is 0 Å². The van der Waals surface area contributed by atoms with Gasteiger partial charge >= 0.3 is 0 Å². The van der Waals surface area contributed by atoms with Crippen LogP contribution in [0.1, 0.15) is 11.1 Å². The zero-order valence-corrected chi connectivity index (χ0v) is 15.5. The van der Waals surface area contributed by atoms with Gasteiger partial charge in [0, 0.05) is 49.3 Å². The molecule has 4 heteroatoms. The van der Waals surface area contributed by atoms with E-state index in [4.69, 9.17) is 0 Å². The second kappa shape index (κ2) is 8.82. The number of benzene rings is 2. The number of rotatable bonds is 7. The van der Waals surface area contributed by atoms with E-state index < -0.39 is 0 Å². The molecular formula is C24H22N4. The number of anilines is 2. The fraction of sp³-hybridized carbons (Fsp3) is 0.0833. The van der Waals surface area contributed by atoms with Gasteiger partial charge in [-0.15, -0.1) is 0 Å². The molecule has 28 heavy (non-hydrogen) atoms. The monoisotopic (exact) mass is 366 g/mol. The van der Waals surface area contributed by atoms with E-state index in [0.717, 1.165) is 24.5 Å². The van der Waals surface area contributed by atoms with Gasteiger partial charge in [-0.2, -0.15) is 0 Å². The summed E-state index contributed by atoms with van der Waals surface area (Å²) in [6, 6.07) is 25.3. The second-order valence-electron chi connectivity index (χ2n) is 6.57. The van der Waals surface area contributed by atoms with Crippen molar-refractivity contribution in [1.82, 2.24) is 9.97 Å². The van der Waals surface area contributed by atoms with Crippen molar-refractivity contribution in [3.8, 4) is 11.1 Å². The molecular weight excluding hydrogens is 344 g/mol. The van der Waals surface area contributed by atoms with Crippen LogP contribution in [0.3, 0.4) is 0 Å². The van der Waals surface area contributed by atoms with E-state index in [9.17, 15) is 0 Å². The highest BCUT2D eigenvalue weighted by molar-refractivity contribution is 5.64. The van der Waals surface area contributed by atoms with Crippen molar-refractivity contribution >= 4 is 11.4 Å². The molecule has 2 N–H and O–H groups in total. The molecule has 0 aliphatic rings. The van der Waals surface area contributed by atoms with Gasteiger partial charge in [0.1, 0.15) is 0 Å². The Kier molecular flexibility index (Phi) is 5.59. The molecule has 0 aliphatic carbocycles. The third-order valence-electron chi connectivity index (χ3n) is 4.60. The first-order valence-electron chi connectivity index (χ1n) is 9.33. The smallest absolute Gasteiger partial charge is 0.0400 e. The largest absolute Gasteiger partial charge is 0.381 e. The molecule has 4 aromatic rings. The molecule has 0 bridgehead atoms. The quantitative estimate of drug-likeness (QED) is 0.462. The van der Waals surface area contributed by atoms with Gasteiger partial charge in [0.05, 0.1) is 0 Å². The summed E-state index contributed by atoms with van der Waals surface area (Å²) < 4.78 is 0. The number of nitrogens with zero attached hydrogens (tertiary/aromatic N) is 2. The first-order chi connectivity index (χ1) is 13.9. The Morgan fingerprint density at radius 2 is 0.821 bits per heavy atom. The van der Waals surface area contributed by atoms with Crippen LogP contribution in [0, 0.1) is 0 Å². The van der Waals surface area contributed by atoms with Gasteiger partial charge in [-0.1, -0.05) is 48.5 Å². The molecule has 0 radical (unpaired) electrons. The zero-order chi connectivity index (χ0) is 19.0. The molecule has 0 saturated carbocycles. The summed E-state index contributed by atoms with van der Waals surface area (Å²) >= 11 is 0. The normalized spacial score (nSPS) is 10.4. The summed E-state index contributed by atoms with van der Waals surface area (Å²) in [4.78, 5) is 8.06. The average molecular weight is 366 g/mol. The van der Waals surface area contributed by atoms with Gasteiger partial charge in [-0.25, -0.2) is 0 Å². The Morgan fingerprint density at radius 3 is 1.18 bits per heavy atom. The van der Waals surface area contributed by atoms with Gasteiger partial charge < -0.3 is 10.6 Å². The number of pyridine rings is 2. The van der Waals surface area contributed by atoms with Gasteiger partial charge in [-0.3, -0.25) is 9.97 Å². The van der Waals surface area contributed by atoms with Crippen LogP contribution in [0.4, 0.5) is 11.4 Å². The first kappa shape index (κ1) is 17.7. The molecule has 0 saturated heterocycles. The molecule has 2 aromatic heterocycles. The minimum atomic E-state index is 0.796. The van der Waals surface area contributed by atoms with Crippen LogP contribution in [0.2, 0.25) is 0 Å². The van der Waals surface area contributed by atoms with E-state index in [-0.39, 0.29) is 0 Å². The Labute approximate surface area is 165 Å². The summed E-state index contributed by atoms with van der Waals surface area (Å²) in [6.45, 7) is 1.59. The van der Waals surface area contributed by atoms with E-state index in [1.165, 1.54) is 22.3 Å². The van der Waals surface area contributed by atoms with Gasteiger partial charge in [0.25, 0.3) is 0 Å². The predicted octanol–water partition coefficient (Wildman–Crippen LogP) is 5.37. The summed E-state index contributed by atoms with van der Waals surface area (Å²) in [5.41, 5.74) is 7.10. The molecule has 0 spiro atoms. The fourth-order valence-corrected chi connectivity index (χ4v) is 2.98. The standard InChI is InChI=1S/C24H22N4/c1-5-21(6-2-19(1)17-27-23-9-13-25-14-10-23)22-7-3-20(4-8-22)18-28-24-11-15-26-16-12-24/h1-16H,17-18H2,(H,25,27)(H,26,28). The summed E-state index contributed by atoms with van der Waals surface area (Å²) in [7, 11) is 0. The lowest BCUT2D eigenvalue weighted by molar-refractivity contribution is 1.14. The highest BCUT2D eigenvalue weighted by Gasteiger charge is 2.00. The molecule has 0 unspecified atom stereocenters. The number of aromatic nitrogens is 2. The lowest BCUT2D eigenvalue weighted by Crippen LogP contribution is -1.99. The lowest BCUT2D eigenvalue weighted by Gasteiger charge is -2.09. The Bertz CT molecular complexity index is 897. The molecule has 0 atom stereocenters. The van der Waals surface area contributed by atoms with Crippen LogP contribution in [0.15, 0.2) is 97.6 Å². The van der Waals surface area contributed by atoms with Crippen LogP contribution < -0.4 is 10.6 Å². The highest BCUT2D eigenvalue weighted by Crippen LogP contribution is 2.21. The third-order valence-corrected chi connectivity index (χ3v) is 4.60. The maximum Gasteiger partial charge on any atom is 0.0400 e.